The van der Waals surface area contributed by atoms with Gasteiger partial charge in [0.1, 0.15) is 4.90 Å². The van der Waals surface area contributed by atoms with Crippen LogP contribution in [0.1, 0.15) is 11.1 Å². The van der Waals surface area contributed by atoms with Gasteiger partial charge in [0.25, 0.3) is 10.0 Å². The Bertz CT molecular complexity index is 699. The molecule has 0 unspecified atom stereocenters. The molecule has 1 aromatic carbocycles. The Morgan fingerprint density at radius 2 is 2.00 bits per heavy atom. The first-order valence-corrected chi connectivity index (χ1v) is 7.85. The molecule has 0 aliphatic carbocycles. The quantitative estimate of drug-likeness (QED) is 0.931. The van der Waals surface area contributed by atoms with E-state index in [1.54, 1.807) is 7.05 Å². The lowest BCUT2D eigenvalue weighted by Crippen LogP contribution is -2.13. The number of hydrogen-bond donors (Lipinski definition) is 1. The number of benzene rings is 1. The molecule has 0 radical (unpaired) electrons. The van der Waals surface area contributed by atoms with E-state index in [4.69, 9.17) is 0 Å². The Morgan fingerprint density at radius 3 is 2.53 bits per heavy atom. The highest BCUT2D eigenvalue weighted by molar-refractivity contribution is 9.10. The maximum absolute atomic E-state index is 12.2. The van der Waals surface area contributed by atoms with Gasteiger partial charge in [0.05, 0.1) is 11.9 Å². The molecule has 0 spiro atoms. The summed E-state index contributed by atoms with van der Waals surface area (Å²) in [6.07, 6.45) is 2.78. The van der Waals surface area contributed by atoms with Gasteiger partial charge in [-0.3, -0.25) is 9.40 Å². The number of sulfonamides is 1. The van der Waals surface area contributed by atoms with E-state index in [-0.39, 0.29) is 4.90 Å². The van der Waals surface area contributed by atoms with Gasteiger partial charge in [-0.25, -0.2) is 8.42 Å². The summed E-state index contributed by atoms with van der Waals surface area (Å²) in [4.78, 5) is 0.141. The molecule has 7 heteroatoms. The van der Waals surface area contributed by atoms with E-state index in [1.165, 1.54) is 17.1 Å². The highest BCUT2D eigenvalue weighted by Crippen LogP contribution is 2.29. The van der Waals surface area contributed by atoms with Crippen molar-refractivity contribution in [3.8, 4) is 0 Å². The zero-order valence-electron chi connectivity index (χ0n) is 10.8. The van der Waals surface area contributed by atoms with E-state index < -0.39 is 10.0 Å². The highest BCUT2D eigenvalue weighted by atomic mass is 79.9. The minimum absolute atomic E-state index is 0.141. The molecular weight excluding hydrogens is 330 g/mol. The van der Waals surface area contributed by atoms with Crippen molar-refractivity contribution in [2.24, 2.45) is 7.05 Å². The Morgan fingerprint density at radius 1 is 1.32 bits per heavy atom. The molecule has 1 heterocycles. The zero-order valence-corrected chi connectivity index (χ0v) is 13.2. The average molecular weight is 344 g/mol. The Hall–Kier alpha value is -1.34. The van der Waals surface area contributed by atoms with E-state index in [9.17, 15) is 8.42 Å². The number of aromatic nitrogens is 2. The van der Waals surface area contributed by atoms with Gasteiger partial charge >= 0.3 is 0 Å². The van der Waals surface area contributed by atoms with Gasteiger partial charge in [0.15, 0.2) is 0 Å². The third-order valence-electron chi connectivity index (χ3n) is 2.66. The molecule has 102 valence electrons. The second-order valence-corrected chi connectivity index (χ2v) is 6.93. The van der Waals surface area contributed by atoms with Crippen LogP contribution in [0, 0.1) is 13.8 Å². The zero-order chi connectivity index (χ0) is 14.2. The molecule has 1 aromatic heterocycles. The topological polar surface area (TPSA) is 64.0 Å². The van der Waals surface area contributed by atoms with Crippen LogP contribution >= 0.6 is 15.9 Å². The van der Waals surface area contributed by atoms with Crippen LogP contribution in [-0.2, 0) is 17.1 Å². The summed E-state index contributed by atoms with van der Waals surface area (Å²) in [5.74, 6) is 0. The highest BCUT2D eigenvalue weighted by Gasteiger charge is 2.18. The first-order chi connectivity index (χ1) is 8.79. The number of nitrogens with one attached hydrogen (secondary N) is 1. The van der Waals surface area contributed by atoms with Crippen LogP contribution < -0.4 is 4.72 Å². The fourth-order valence-corrected chi connectivity index (χ4v) is 3.81. The monoisotopic (exact) mass is 343 g/mol. The van der Waals surface area contributed by atoms with Gasteiger partial charge in [-0.05, 0) is 47.0 Å². The fourth-order valence-electron chi connectivity index (χ4n) is 1.78. The molecule has 0 saturated heterocycles. The second-order valence-electron chi connectivity index (χ2n) is 4.39. The van der Waals surface area contributed by atoms with Gasteiger partial charge in [0.2, 0.25) is 0 Å². The third kappa shape index (κ3) is 2.98. The molecule has 0 aliphatic heterocycles. The Kier molecular flexibility index (Phi) is 3.69. The van der Waals surface area contributed by atoms with E-state index in [0.717, 1.165) is 15.6 Å². The van der Waals surface area contributed by atoms with Crippen LogP contribution in [0.4, 0.5) is 5.69 Å². The summed E-state index contributed by atoms with van der Waals surface area (Å²) in [7, 11) is -1.94. The maximum Gasteiger partial charge on any atom is 0.265 e. The number of anilines is 1. The van der Waals surface area contributed by atoms with Gasteiger partial charge in [0, 0.05) is 17.7 Å². The summed E-state index contributed by atoms with van der Waals surface area (Å²) < 4.78 is 29.2. The molecule has 0 saturated carbocycles. The molecule has 0 bridgehead atoms. The SMILES string of the molecule is Cc1cc(C)c(NS(=O)(=O)c2cnn(C)c2)c(Br)c1. The minimum atomic E-state index is -3.61. The van der Waals surface area contributed by atoms with Gasteiger partial charge in [-0.2, -0.15) is 5.10 Å². The first kappa shape index (κ1) is 14.1. The third-order valence-corrected chi connectivity index (χ3v) is 4.59. The summed E-state index contributed by atoms with van der Waals surface area (Å²) >= 11 is 3.38. The normalized spacial score (nSPS) is 11.6. The van der Waals surface area contributed by atoms with Crippen LogP contribution in [-0.4, -0.2) is 18.2 Å². The van der Waals surface area contributed by atoms with E-state index in [2.05, 4.69) is 25.8 Å². The van der Waals surface area contributed by atoms with Crippen molar-refractivity contribution in [3.05, 3.63) is 40.1 Å². The summed E-state index contributed by atoms with van der Waals surface area (Å²) in [5.41, 5.74) is 2.47. The van der Waals surface area contributed by atoms with Crippen LogP contribution in [0.3, 0.4) is 0 Å². The van der Waals surface area contributed by atoms with E-state index in [0.29, 0.717) is 5.69 Å². The minimum Gasteiger partial charge on any atom is -0.278 e. The molecule has 0 atom stereocenters. The van der Waals surface area contributed by atoms with Crippen molar-refractivity contribution < 1.29 is 8.42 Å². The van der Waals surface area contributed by atoms with Crippen LogP contribution in [0.25, 0.3) is 0 Å². The lowest BCUT2D eigenvalue weighted by atomic mass is 10.1. The predicted octanol–water partition coefficient (Wildman–Crippen LogP) is 2.60. The average Bonchev–Trinajstić information content (AvgIpc) is 2.71. The van der Waals surface area contributed by atoms with Crippen LogP contribution in [0.15, 0.2) is 33.9 Å². The van der Waals surface area contributed by atoms with Gasteiger partial charge in [-0.1, -0.05) is 6.07 Å². The van der Waals surface area contributed by atoms with Gasteiger partial charge in [-0.15, -0.1) is 0 Å². The fraction of sp³-hybridized carbons (Fsp3) is 0.250. The summed E-state index contributed by atoms with van der Waals surface area (Å²) in [6.45, 7) is 3.82. The second kappa shape index (κ2) is 4.97. The van der Waals surface area contributed by atoms with E-state index in [1.807, 2.05) is 26.0 Å². The molecule has 0 aliphatic rings. The molecule has 2 rings (SSSR count). The molecule has 2 aromatic rings. The predicted molar refractivity (Wildman–Crippen MR) is 77.6 cm³/mol. The van der Waals surface area contributed by atoms with Crippen LogP contribution in [0.2, 0.25) is 0 Å². The lowest BCUT2D eigenvalue weighted by Gasteiger charge is -2.12. The van der Waals surface area contributed by atoms with Crippen molar-refractivity contribution in [2.75, 3.05) is 4.72 Å². The number of aryl methyl sites for hydroxylation is 3. The standard InChI is InChI=1S/C12H14BrN3O2S/c1-8-4-9(2)12(11(13)5-8)15-19(17,18)10-6-14-16(3)7-10/h4-7,15H,1-3H3. The number of nitrogens with zero attached hydrogens (tertiary/aromatic N) is 2. The number of rotatable bonds is 3. The number of hydrogen-bond acceptors (Lipinski definition) is 3. The van der Waals surface area contributed by atoms with Crippen molar-refractivity contribution >= 4 is 31.6 Å². The van der Waals surface area contributed by atoms with Crippen molar-refractivity contribution in [2.45, 2.75) is 18.7 Å². The molecular formula is C12H14BrN3O2S. The molecule has 0 fully saturated rings. The van der Waals surface area contributed by atoms with Crippen molar-refractivity contribution in [1.82, 2.24) is 9.78 Å². The van der Waals surface area contributed by atoms with Gasteiger partial charge < -0.3 is 0 Å². The molecule has 0 amide bonds. The lowest BCUT2D eigenvalue weighted by molar-refractivity contribution is 0.601. The largest absolute Gasteiger partial charge is 0.278 e. The molecule has 19 heavy (non-hydrogen) atoms. The smallest absolute Gasteiger partial charge is 0.265 e. The maximum atomic E-state index is 12.2. The summed E-state index contributed by atoms with van der Waals surface area (Å²) in [6, 6.07) is 3.79. The Balaban J connectivity index is 2.41. The van der Waals surface area contributed by atoms with Crippen LogP contribution in [0.5, 0.6) is 0 Å². The Labute approximate surface area is 120 Å². The summed E-state index contributed by atoms with van der Waals surface area (Å²) in [5, 5.41) is 3.87. The van der Waals surface area contributed by atoms with E-state index >= 15 is 0 Å². The molecule has 1 N–H and O–H groups in total. The van der Waals surface area contributed by atoms with Crippen molar-refractivity contribution in [1.29, 1.82) is 0 Å². The first-order valence-electron chi connectivity index (χ1n) is 5.58. The number of halogens is 1. The van der Waals surface area contributed by atoms with Crippen molar-refractivity contribution in [3.63, 3.8) is 0 Å². The molecule has 5 nitrogen and oxygen atoms in total.